The summed E-state index contributed by atoms with van der Waals surface area (Å²) < 4.78 is 16.5. The lowest BCUT2D eigenvalue weighted by atomic mass is 10.1. The molecule has 0 fully saturated rings. The molecule has 0 radical (unpaired) electrons. The minimum Gasteiger partial charge on any atom is -0.497 e. The van der Waals surface area contributed by atoms with Crippen molar-refractivity contribution in [2.75, 3.05) is 26.9 Å². The summed E-state index contributed by atoms with van der Waals surface area (Å²) in [6.07, 6.45) is -0.102. The van der Waals surface area contributed by atoms with Gasteiger partial charge < -0.3 is 19.9 Å². The molecule has 0 amide bonds. The summed E-state index contributed by atoms with van der Waals surface area (Å²) in [5, 5.41) is 0. The van der Waals surface area contributed by atoms with E-state index in [4.69, 9.17) is 19.9 Å². The van der Waals surface area contributed by atoms with Crippen molar-refractivity contribution in [1.29, 1.82) is 0 Å². The summed E-state index contributed by atoms with van der Waals surface area (Å²) >= 11 is 0. The van der Waals surface area contributed by atoms with Gasteiger partial charge in [-0.25, -0.2) is 0 Å². The molecular formula is C15H25NO3. The van der Waals surface area contributed by atoms with E-state index in [2.05, 4.69) is 0 Å². The van der Waals surface area contributed by atoms with Crippen LogP contribution in [-0.2, 0) is 9.47 Å². The van der Waals surface area contributed by atoms with Crippen molar-refractivity contribution in [3.8, 4) is 5.75 Å². The molecule has 4 nitrogen and oxygen atoms in total. The SMILES string of the molecule is COc1ccc(C(CN)OCCOC(C)(C)C)cc1. The van der Waals surface area contributed by atoms with Gasteiger partial charge in [0, 0.05) is 6.54 Å². The Morgan fingerprint density at radius 1 is 1.11 bits per heavy atom. The van der Waals surface area contributed by atoms with Crippen LogP contribution in [0.1, 0.15) is 32.4 Å². The fourth-order valence-electron chi connectivity index (χ4n) is 1.66. The highest BCUT2D eigenvalue weighted by molar-refractivity contribution is 5.28. The molecule has 0 aliphatic rings. The maximum absolute atomic E-state index is 5.76. The van der Waals surface area contributed by atoms with Crippen LogP contribution in [0.15, 0.2) is 24.3 Å². The predicted molar refractivity (Wildman–Crippen MR) is 76.4 cm³/mol. The molecule has 0 saturated heterocycles. The zero-order valence-electron chi connectivity index (χ0n) is 12.3. The second kappa shape index (κ2) is 7.48. The first-order valence-electron chi connectivity index (χ1n) is 6.56. The summed E-state index contributed by atoms with van der Waals surface area (Å²) in [4.78, 5) is 0. The standard InChI is InChI=1S/C15H25NO3/c1-15(2,3)19-10-9-18-14(11-16)12-5-7-13(17-4)8-6-12/h5-8,14H,9-11,16H2,1-4H3. The molecule has 0 aromatic heterocycles. The second-order valence-electron chi connectivity index (χ2n) is 5.33. The number of rotatable bonds is 7. The van der Waals surface area contributed by atoms with Crippen molar-refractivity contribution < 1.29 is 14.2 Å². The van der Waals surface area contributed by atoms with Gasteiger partial charge in [-0.05, 0) is 38.5 Å². The Bertz CT molecular complexity index is 357. The molecule has 4 heteroatoms. The van der Waals surface area contributed by atoms with Crippen molar-refractivity contribution >= 4 is 0 Å². The highest BCUT2D eigenvalue weighted by atomic mass is 16.5. The van der Waals surface area contributed by atoms with Crippen LogP contribution in [-0.4, -0.2) is 32.5 Å². The third kappa shape index (κ3) is 6.05. The second-order valence-corrected chi connectivity index (χ2v) is 5.33. The van der Waals surface area contributed by atoms with E-state index < -0.39 is 0 Å². The third-order valence-electron chi connectivity index (χ3n) is 2.64. The maximum atomic E-state index is 5.76. The minimum atomic E-state index is -0.137. The van der Waals surface area contributed by atoms with Crippen molar-refractivity contribution in [2.45, 2.75) is 32.5 Å². The number of ether oxygens (including phenoxy) is 3. The highest BCUT2D eigenvalue weighted by Crippen LogP contribution is 2.20. The van der Waals surface area contributed by atoms with Gasteiger partial charge in [0.2, 0.25) is 0 Å². The van der Waals surface area contributed by atoms with Crippen LogP contribution in [0.2, 0.25) is 0 Å². The van der Waals surface area contributed by atoms with E-state index in [0.717, 1.165) is 11.3 Å². The van der Waals surface area contributed by atoms with E-state index in [1.165, 1.54) is 0 Å². The smallest absolute Gasteiger partial charge is 0.118 e. The van der Waals surface area contributed by atoms with Crippen LogP contribution in [0, 0.1) is 0 Å². The van der Waals surface area contributed by atoms with Crippen LogP contribution in [0.5, 0.6) is 5.75 Å². The Morgan fingerprint density at radius 3 is 2.21 bits per heavy atom. The molecule has 1 aromatic carbocycles. The predicted octanol–water partition coefficient (Wildman–Crippen LogP) is 2.53. The fraction of sp³-hybridized carbons (Fsp3) is 0.600. The van der Waals surface area contributed by atoms with Crippen molar-refractivity contribution in [3.63, 3.8) is 0 Å². The molecule has 1 rings (SSSR count). The molecule has 2 N–H and O–H groups in total. The number of methoxy groups -OCH3 is 1. The lowest BCUT2D eigenvalue weighted by Gasteiger charge is -2.21. The van der Waals surface area contributed by atoms with Gasteiger partial charge in [0.15, 0.2) is 0 Å². The summed E-state index contributed by atoms with van der Waals surface area (Å²) in [5.74, 6) is 0.829. The van der Waals surface area contributed by atoms with Crippen molar-refractivity contribution in [3.05, 3.63) is 29.8 Å². The summed E-state index contributed by atoms with van der Waals surface area (Å²) in [6.45, 7) is 7.62. The Labute approximate surface area is 115 Å². The first-order chi connectivity index (χ1) is 8.96. The average molecular weight is 267 g/mol. The quantitative estimate of drug-likeness (QED) is 0.771. The van der Waals surface area contributed by atoms with Gasteiger partial charge in [-0.3, -0.25) is 0 Å². The van der Waals surface area contributed by atoms with E-state index in [-0.39, 0.29) is 11.7 Å². The number of hydrogen-bond donors (Lipinski definition) is 1. The summed E-state index contributed by atoms with van der Waals surface area (Å²) in [7, 11) is 1.65. The molecular weight excluding hydrogens is 242 g/mol. The van der Waals surface area contributed by atoms with Gasteiger partial charge in [0.05, 0.1) is 32.0 Å². The average Bonchev–Trinajstić information content (AvgIpc) is 2.38. The Kier molecular flexibility index (Phi) is 6.28. The molecule has 1 unspecified atom stereocenters. The van der Waals surface area contributed by atoms with Crippen LogP contribution >= 0.6 is 0 Å². The van der Waals surface area contributed by atoms with Gasteiger partial charge in [-0.2, -0.15) is 0 Å². The van der Waals surface area contributed by atoms with E-state index in [1.54, 1.807) is 7.11 Å². The van der Waals surface area contributed by atoms with Crippen molar-refractivity contribution in [2.24, 2.45) is 5.73 Å². The van der Waals surface area contributed by atoms with Gasteiger partial charge in [-0.15, -0.1) is 0 Å². The molecule has 0 saturated carbocycles. The monoisotopic (exact) mass is 267 g/mol. The number of nitrogens with two attached hydrogens (primary N) is 1. The molecule has 19 heavy (non-hydrogen) atoms. The first-order valence-corrected chi connectivity index (χ1v) is 6.56. The Morgan fingerprint density at radius 2 is 1.74 bits per heavy atom. The molecule has 0 spiro atoms. The maximum Gasteiger partial charge on any atom is 0.118 e. The zero-order valence-corrected chi connectivity index (χ0v) is 12.3. The molecule has 0 aliphatic carbocycles. The Hall–Kier alpha value is -1.10. The molecule has 1 atom stereocenters. The van der Waals surface area contributed by atoms with Gasteiger partial charge >= 0.3 is 0 Å². The van der Waals surface area contributed by atoms with Crippen LogP contribution in [0.3, 0.4) is 0 Å². The van der Waals surface area contributed by atoms with Crippen LogP contribution in [0.25, 0.3) is 0 Å². The minimum absolute atomic E-state index is 0.102. The van der Waals surface area contributed by atoms with Crippen molar-refractivity contribution in [1.82, 2.24) is 0 Å². The highest BCUT2D eigenvalue weighted by Gasteiger charge is 2.12. The largest absolute Gasteiger partial charge is 0.497 e. The lowest BCUT2D eigenvalue weighted by molar-refractivity contribution is -0.0506. The van der Waals surface area contributed by atoms with E-state index in [0.29, 0.717) is 19.8 Å². The van der Waals surface area contributed by atoms with Crippen LogP contribution in [0.4, 0.5) is 0 Å². The van der Waals surface area contributed by atoms with E-state index in [9.17, 15) is 0 Å². The normalized spacial score (nSPS) is 13.3. The topological polar surface area (TPSA) is 53.7 Å². The zero-order chi connectivity index (χ0) is 14.3. The third-order valence-corrected chi connectivity index (χ3v) is 2.64. The van der Waals surface area contributed by atoms with Gasteiger partial charge in [-0.1, -0.05) is 12.1 Å². The molecule has 108 valence electrons. The molecule has 0 bridgehead atoms. The molecule has 0 heterocycles. The lowest BCUT2D eigenvalue weighted by Crippen LogP contribution is -2.23. The number of hydrogen-bond acceptors (Lipinski definition) is 4. The van der Waals surface area contributed by atoms with Gasteiger partial charge in [0.25, 0.3) is 0 Å². The Balaban J connectivity index is 2.44. The molecule has 1 aromatic rings. The van der Waals surface area contributed by atoms with Crippen LogP contribution < -0.4 is 10.5 Å². The van der Waals surface area contributed by atoms with E-state index in [1.807, 2.05) is 45.0 Å². The molecule has 0 aliphatic heterocycles. The fourth-order valence-corrected chi connectivity index (χ4v) is 1.66. The van der Waals surface area contributed by atoms with Gasteiger partial charge in [0.1, 0.15) is 5.75 Å². The summed E-state index contributed by atoms with van der Waals surface area (Å²) in [5.41, 5.74) is 6.66. The number of benzene rings is 1. The first kappa shape index (κ1) is 16.0. The van der Waals surface area contributed by atoms with E-state index >= 15 is 0 Å². The summed E-state index contributed by atoms with van der Waals surface area (Å²) in [6, 6.07) is 7.77.